The lowest BCUT2D eigenvalue weighted by molar-refractivity contribution is 0.0993. The van der Waals surface area contributed by atoms with Crippen LogP contribution in [0.4, 0.5) is 0 Å². The first-order valence-corrected chi connectivity index (χ1v) is 6.73. The van der Waals surface area contributed by atoms with Gasteiger partial charge < -0.3 is 0 Å². The summed E-state index contributed by atoms with van der Waals surface area (Å²) >= 11 is 1.68. The summed E-state index contributed by atoms with van der Waals surface area (Å²) in [5, 5.41) is 0. The molecule has 0 spiro atoms. The van der Waals surface area contributed by atoms with Gasteiger partial charge in [-0.25, -0.2) is 0 Å². The fourth-order valence-electron chi connectivity index (χ4n) is 1.66. The van der Waals surface area contributed by atoms with Crippen molar-refractivity contribution in [3.63, 3.8) is 0 Å². The number of carbonyl (C=O) groups is 1. The molecule has 0 aliphatic carbocycles. The van der Waals surface area contributed by atoms with Crippen molar-refractivity contribution in [2.75, 3.05) is 6.26 Å². The van der Waals surface area contributed by atoms with E-state index in [1.54, 1.807) is 11.8 Å². The van der Waals surface area contributed by atoms with Gasteiger partial charge in [-0.1, -0.05) is 42.5 Å². The zero-order chi connectivity index (χ0) is 12.1. The van der Waals surface area contributed by atoms with E-state index < -0.39 is 0 Å². The molecule has 86 valence electrons. The molecule has 17 heavy (non-hydrogen) atoms. The number of benzene rings is 2. The monoisotopic (exact) mass is 242 g/mol. The van der Waals surface area contributed by atoms with Crippen molar-refractivity contribution < 1.29 is 4.79 Å². The molecular weight excluding hydrogens is 228 g/mol. The van der Waals surface area contributed by atoms with Crippen LogP contribution in [-0.2, 0) is 6.42 Å². The van der Waals surface area contributed by atoms with Crippen LogP contribution in [0, 0.1) is 0 Å². The Kier molecular flexibility index (Phi) is 3.99. The fraction of sp³-hybridized carbons (Fsp3) is 0.133. The molecule has 2 heteroatoms. The molecule has 0 aliphatic heterocycles. The molecule has 2 aromatic carbocycles. The minimum absolute atomic E-state index is 0.170. The summed E-state index contributed by atoms with van der Waals surface area (Å²) in [6.45, 7) is 0. The highest BCUT2D eigenvalue weighted by atomic mass is 32.2. The zero-order valence-corrected chi connectivity index (χ0v) is 10.5. The van der Waals surface area contributed by atoms with E-state index in [1.807, 2.05) is 60.9 Å². The topological polar surface area (TPSA) is 17.1 Å². The number of thioether (sulfide) groups is 1. The summed E-state index contributed by atoms with van der Waals surface area (Å²) in [7, 11) is 0. The molecule has 0 fully saturated rings. The molecule has 0 radical (unpaired) electrons. The Morgan fingerprint density at radius 2 is 1.65 bits per heavy atom. The van der Waals surface area contributed by atoms with Crippen molar-refractivity contribution in [3.05, 3.63) is 65.7 Å². The van der Waals surface area contributed by atoms with Crippen molar-refractivity contribution in [1.29, 1.82) is 0 Å². The van der Waals surface area contributed by atoms with Crippen LogP contribution in [-0.4, -0.2) is 12.0 Å². The van der Waals surface area contributed by atoms with Crippen LogP contribution in [0.5, 0.6) is 0 Å². The predicted molar refractivity (Wildman–Crippen MR) is 72.7 cm³/mol. The molecule has 0 unspecified atom stereocenters. The second-order valence-electron chi connectivity index (χ2n) is 3.81. The average Bonchev–Trinajstić information content (AvgIpc) is 2.40. The Bertz CT molecular complexity index is 488. The number of Topliss-reactive ketones (excluding diaryl/α,β-unsaturated/α-hetero) is 1. The van der Waals surface area contributed by atoms with Gasteiger partial charge in [-0.3, -0.25) is 4.79 Å². The number of carbonyl (C=O) groups excluding carboxylic acids is 1. The summed E-state index contributed by atoms with van der Waals surface area (Å²) in [5.41, 5.74) is 1.85. The standard InChI is InChI=1S/C15H14OS/c1-17-14-9-7-13(8-10-14)15(16)11-12-5-3-2-4-6-12/h2-10H,11H2,1H3. The molecule has 2 rings (SSSR count). The number of rotatable bonds is 4. The average molecular weight is 242 g/mol. The SMILES string of the molecule is CSc1ccc(C(=O)Cc2ccccc2)cc1. The maximum Gasteiger partial charge on any atom is 0.167 e. The van der Waals surface area contributed by atoms with Gasteiger partial charge in [0.05, 0.1) is 0 Å². The van der Waals surface area contributed by atoms with E-state index in [0.29, 0.717) is 6.42 Å². The largest absolute Gasteiger partial charge is 0.294 e. The highest BCUT2D eigenvalue weighted by Gasteiger charge is 2.06. The third kappa shape index (κ3) is 3.21. The van der Waals surface area contributed by atoms with Crippen LogP contribution < -0.4 is 0 Å². The van der Waals surface area contributed by atoms with Gasteiger partial charge in [-0.2, -0.15) is 0 Å². The lowest BCUT2D eigenvalue weighted by Gasteiger charge is -2.02. The van der Waals surface area contributed by atoms with Crippen molar-refractivity contribution in [1.82, 2.24) is 0 Å². The summed E-state index contributed by atoms with van der Waals surface area (Å²) in [5.74, 6) is 0.170. The first-order chi connectivity index (χ1) is 8.29. The molecule has 0 saturated carbocycles. The molecule has 0 bridgehead atoms. The normalized spacial score (nSPS) is 10.2. The predicted octanol–water partition coefficient (Wildman–Crippen LogP) is 3.83. The van der Waals surface area contributed by atoms with Gasteiger partial charge >= 0.3 is 0 Å². The van der Waals surface area contributed by atoms with Gasteiger partial charge in [0, 0.05) is 16.9 Å². The summed E-state index contributed by atoms with van der Waals surface area (Å²) < 4.78 is 0. The second kappa shape index (κ2) is 5.69. The Balaban J connectivity index is 2.09. The second-order valence-corrected chi connectivity index (χ2v) is 4.69. The summed E-state index contributed by atoms with van der Waals surface area (Å²) in [4.78, 5) is 13.2. The summed E-state index contributed by atoms with van der Waals surface area (Å²) in [6.07, 6.45) is 2.50. The molecule has 0 heterocycles. The number of hydrogen-bond acceptors (Lipinski definition) is 2. The van der Waals surface area contributed by atoms with Gasteiger partial charge in [0.2, 0.25) is 0 Å². The van der Waals surface area contributed by atoms with Crippen LogP contribution >= 0.6 is 11.8 Å². The van der Waals surface area contributed by atoms with Gasteiger partial charge in [-0.05, 0) is 24.0 Å². The van der Waals surface area contributed by atoms with E-state index in [-0.39, 0.29) is 5.78 Å². The zero-order valence-electron chi connectivity index (χ0n) is 9.72. The van der Waals surface area contributed by atoms with E-state index >= 15 is 0 Å². The minimum atomic E-state index is 0.170. The van der Waals surface area contributed by atoms with E-state index in [4.69, 9.17) is 0 Å². The Labute approximate surface area is 106 Å². The molecule has 0 aliphatic rings. The maximum atomic E-state index is 12.0. The van der Waals surface area contributed by atoms with Crippen molar-refractivity contribution in [2.45, 2.75) is 11.3 Å². The van der Waals surface area contributed by atoms with E-state index in [1.165, 1.54) is 4.90 Å². The van der Waals surface area contributed by atoms with Crippen molar-refractivity contribution in [2.24, 2.45) is 0 Å². The molecule has 0 N–H and O–H groups in total. The molecule has 0 atom stereocenters. The van der Waals surface area contributed by atoms with E-state index in [9.17, 15) is 4.79 Å². The summed E-state index contributed by atoms with van der Waals surface area (Å²) in [6, 6.07) is 17.6. The molecule has 0 saturated heterocycles. The third-order valence-corrected chi connectivity index (χ3v) is 3.36. The Morgan fingerprint density at radius 1 is 1.00 bits per heavy atom. The fourth-order valence-corrected chi connectivity index (χ4v) is 2.07. The third-order valence-electron chi connectivity index (χ3n) is 2.62. The lowest BCUT2D eigenvalue weighted by Crippen LogP contribution is -2.02. The quantitative estimate of drug-likeness (QED) is 0.598. The van der Waals surface area contributed by atoms with Crippen LogP contribution in [0.3, 0.4) is 0 Å². The molecule has 1 nitrogen and oxygen atoms in total. The number of ketones is 1. The van der Waals surface area contributed by atoms with Gasteiger partial charge in [0.25, 0.3) is 0 Å². The molecule has 0 aromatic heterocycles. The van der Waals surface area contributed by atoms with Crippen LogP contribution in [0.2, 0.25) is 0 Å². The van der Waals surface area contributed by atoms with Crippen LogP contribution in [0.15, 0.2) is 59.5 Å². The van der Waals surface area contributed by atoms with Crippen molar-refractivity contribution >= 4 is 17.5 Å². The highest BCUT2D eigenvalue weighted by molar-refractivity contribution is 7.98. The molecule has 0 amide bonds. The van der Waals surface area contributed by atoms with Crippen LogP contribution in [0.1, 0.15) is 15.9 Å². The van der Waals surface area contributed by atoms with Crippen molar-refractivity contribution in [3.8, 4) is 0 Å². The van der Waals surface area contributed by atoms with Gasteiger partial charge in [0.15, 0.2) is 5.78 Å². The van der Waals surface area contributed by atoms with Gasteiger partial charge in [0.1, 0.15) is 0 Å². The first-order valence-electron chi connectivity index (χ1n) is 5.51. The van der Waals surface area contributed by atoms with E-state index in [2.05, 4.69) is 0 Å². The van der Waals surface area contributed by atoms with E-state index in [0.717, 1.165) is 11.1 Å². The number of hydrogen-bond donors (Lipinski definition) is 0. The van der Waals surface area contributed by atoms with Gasteiger partial charge in [-0.15, -0.1) is 11.8 Å². The molecule has 2 aromatic rings. The van der Waals surface area contributed by atoms with Crippen LogP contribution in [0.25, 0.3) is 0 Å². The Hall–Kier alpha value is -1.54. The highest BCUT2D eigenvalue weighted by Crippen LogP contribution is 2.16. The lowest BCUT2D eigenvalue weighted by atomic mass is 10.0. The minimum Gasteiger partial charge on any atom is -0.294 e. The smallest absolute Gasteiger partial charge is 0.167 e. The molecular formula is C15H14OS. The first kappa shape index (κ1) is 11.9. The maximum absolute atomic E-state index is 12.0. The Morgan fingerprint density at radius 3 is 2.24 bits per heavy atom.